The largest absolute Gasteiger partial charge is 0.465 e. The van der Waals surface area contributed by atoms with Gasteiger partial charge in [0.05, 0.1) is 18.7 Å². The van der Waals surface area contributed by atoms with E-state index in [0.29, 0.717) is 12.0 Å². The van der Waals surface area contributed by atoms with Gasteiger partial charge in [-0.15, -0.1) is 0 Å². The number of nitriles is 1. The summed E-state index contributed by atoms with van der Waals surface area (Å²) in [5, 5.41) is 11.1. The van der Waals surface area contributed by atoms with E-state index in [1.807, 2.05) is 49.4 Å². The number of ether oxygens (including phenoxy) is 1. The molecule has 2 aromatic rings. The molecule has 2 rings (SSSR count). The van der Waals surface area contributed by atoms with Crippen molar-refractivity contribution in [1.29, 1.82) is 5.26 Å². The fourth-order valence-corrected chi connectivity index (χ4v) is 2.96. The van der Waals surface area contributed by atoms with Crippen LogP contribution in [0.3, 0.4) is 0 Å². The third kappa shape index (κ3) is 5.96. The van der Waals surface area contributed by atoms with Crippen LogP contribution in [0.1, 0.15) is 35.7 Å². The van der Waals surface area contributed by atoms with E-state index in [-0.39, 0.29) is 24.3 Å². The summed E-state index contributed by atoms with van der Waals surface area (Å²) >= 11 is 0. The number of carbonyl (C=O) groups is 2. The standard InChI is InChI=1S/C22H24N2O3/c1-16(14-21(25)24-13-12-23)10-11-17-6-5-7-18(15-17)19-8-3-4-9-20(19)22(26)27-2/h3-9,15-16H,10-11,13-14H2,1-2H3,(H,24,25). The smallest absolute Gasteiger partial charge is 0.338 e. The molecule has 0 saturated heterocycles. The van der Waals surface area contributed by atoms with Crippen LogP contribution in [0, 0.1) is 17.2 Å². The van der Waals surface area contributed by atoms with E-state index in [4.69, 9.17) is 10.00 Å². The summed E-state index contributed by atoms with van der Waals surface area (Å²) in [6.07, 6.45) is 2.11. The first kappa shape index (κ1) is 20.2. The molecule has 1 unspecified atom stereocenters. The van der Waals surface area contributed by atoms with E-state index in [1.165, 1.54) is 7.11 Å². The lowest BCUT2D eigenvalue weighted by molar-refractivity contribution is -0.121. The SMILES string of the molecule is COC(=O)c1ccccc1-c1cccc(CCC(C)CC(=O)NCC#N)c1. The Kier molecular flexibility index (Phi) is 7.57. The number of hydrogen-bond donors (Lipinski definition) is 1. The normalized spacial score (nSPS) is 11.3. The number of hydrogen-bond acceptors (Lipinski definition) is 4. The first-order valence-corrected chi connectivity index (χ1v) is 8.95. The zero-order valence-corrected chi connectivity index (χ0v) is 15.7. The molecule has 0 aliphatic carbocycles. The predicted octanol–water partition coefficient (Wildman–Crippen LogP) is 3.74. The molecule has 0 aliphatic heterocycles. The number of amides is 1. The van der Waals surface area contributed by atoms with Crippen molar-refractivity contribution in [3.05, 3.63) is 59.7 Å². The van der Waals surface area contributed by atoms with Gasteiger partial charge in [-0.2, -0.15) is 5.26 Å². The van der Waals surface area contributed by atoms with Gasteiger partial charge < -0.3 is 10.1 Å². The average molecular weight is 364 g/mol. The molecule has 140 valence electrons. The number of rotatable bonds is 8. The van der Waals surface area contributed by atoms with E-state index in [1.54, 1.807) is 6.07 Å². The summed E-state index contributed by atoms with van der Waals surface area (Å²) in [4.78, 5) is 23.7. The molecule has 0 saturated carbocycles. The molecule has 0 heterocycles. The number of nitrogens with one attached hydrogen (secondary N) is 1. The van der Waals surface area contributed by atoms with Crippen LogP contribution in [0.5, 0.6) is 0 Å². The van der Waals surface area contributed by atoms with Gasteiger partial charge in [-0.1, -0.05) is 49.4 Å². The van der Waals surface area contributed by atoms with Crippen LogP contribution in [-0.4, -0.2) is 25.5 Å². The summed E-state index contributed by atoms with van der Waals surface area (Å²) in [6, 6.07) is 17.4. The predicted molar refractivity (Wildman–Crippen MR) is 104 cm³/mol. The number of aryl methyl sites for hydroxylation is 1. The van der Waals surface area contributed by atoms with Gasteiger partial charge in [0, 0.05) is 6.42 Å². The van der Waals surface area contributed by atoms with Crippen molar-refractivity contribution < 1.29 is 14.3 Å². The molecule has 1 amide bonds. The van der Waals surface area contributed by atoms with Gasteiger partial charge in [0.1, 0.15) is 6.54 Å². The average Bonchev–Trinajstić information content (AvgIpc) is 2.70. The zero-order valence-electron chi connectivity index (χ0n) is 15.7. The Bertz CT molecular complexity index is 839. The molecule has 5 nitrogen and oxygen atoms in total. The Hall–Kier alpha value is -3.13. The minimum atomic E-state index is -0.354. The van der Waals surface area contributed by atoms with Crippen LogP contribution >= 0.6 is 0 Å². The quantitative estimate of drug-likeness (QED) is 0.572. The fourth-order valence-electron chi connectivity index (χ4n) is 2.96. The highest BCUT2D eigenvalue weighted by Crippen LogP contribution is 2.26. The number of methoxy groups -OCH3 is 1. The van der Waals surface area contributed by atoms with Gasteiger partial charge in [-0.05, 0) is 41.5 Å². The van der Waals surface area contributed by atoms with Crippen LogP contribution in [-0.2, 0) is 16.0 Å². The second-order valence-electron chi connectivity index (χ2n) is 6.52. The molecular weight excluding hydrogens is 340 g/mol. The summed E-state index contributed by atoms with van der Waals surface area (Å²) in [7, 11) is 1.38. The van der Waals surface area contributed by atoms with Crippen molar-refractivity contribution >= 4 is 11.9 Å². The third-order valence-corrected chi connectivity index (χ3v) is 4.39. The van der Waals surface area contributed by atoms with Crippen molar-refractivity contribution in [1.82, 2.24) is 5.32 Å². The summed E-state index contributed by atoms with van der Waals surface area (Å²) in [5.74, 6) is -0.229. The number of esters is 1. The van der Waals surface area contributed by atoms with Crippen LogP contribution in [0.4, 0.5) is 0 Å². The molecule has 0 fully saturated rings. The van der Waals surface area contributed by atoms with Crippen molar-refractivity contribution in [3.8, 4) is 17.2 Å². The van der Waals surface area contributed by atoms with Crippen LogP contribution in [0.15, 0.2) is 48.5 Å². The number of carbonyl (C=O) groups excluding carboxylic acids is 2. The maximum Gasteiger partial charge on any atom is 0.338 e. The third-order valence-electron chi connectivity index (χ3n) is 4.39. The molecule has 0 aromatic heterocycles. The molecule has 0 aliphatic rings. The molecule has 0 radical (unpaired) electrons. The zero-order chi connectivity index (χ0) is 19.6. The van der Waals surface area contributed by atoms with Gasteiger partial charge in [0.25, 0.3) is 0 Å². The summed E-state index contributed by atoms with van der Waals surface area (Å²) in [6.45, 7) is 2.08. The maximum atomic E-state index is 12.0. The fraction of sp³-hybridized carbons (Fsp3) is 0.318. The molecular formula is C22H24N2O3. The topological polar surface area (TPSA) is 79.2 Å². The van der Waals surface area contributed by atoms with Gasteiger partial charge in [0.2, 0.25) is 5.91 Å². The maximum absolute atomic E-state index is 12.0. The van der Waals surface area contributed by atoms with Crippen LogP contribution < -0.4 is 5.32 Å². The molecule has 1 atom stereocenters. The van der Waals surface area contributed by atoms with Gasteiger partial charge in [-0.25, -0.2) is 4.79 Å². The Balaban J connectivity index is 2.05. The lowest BCUT2D eigenvalue weighted by atomic mass is 9.94. The minimum Gasteiger partial charge on any atom is -0.465 e. The Labute approximate surface area is 160 Å². The highest BCUT2D eigenvalue weighted by Gasteiger charge is 2.13. The van der Waals surface area contributed by atoms with E-state index in [9.17, 15) is 9.59 Å². The highest BCUT2D eigenvalue weighted by atomic mass is 16.5. The van der Waals surface area contributed by atoms with Crippen molar-refractivity contribution in [3.63, 3.8) is 0 Å². The lowest BCUT2D eigenvalue weighted by Gasteiger charge is -2.12. The minimum absolute atomic E-state index is 0.0488. The molecule has 1 N–H and O–H groups in total. The van der Waals surface area contributed by atoms with Crippen LogP contribution in [0.25, 0.3) is 11.1 Å². The molecule has 5 heteroatoms. The molecule has 27 heavy (non-hydrogen) atoms. The second-order valence-corrected chi connectivity index (χ2v) is 6.52. The lowest BCUT2D eigenvalue weighted by Crippen LogP contribution is -2.25. The first-order chi connectivity index (χ1) is 13.0. The first-order valence-electron chi connectivity index (χ1n) is 8.95. The summed E-state index contributed by atoms with van der Waals surface area (Å²) < 4.78 is 4.88. The highest BCUT2D eigenvalue weighted by molar-refractivity contribution is 5.97. The van der Waals surface area contributed by atoms with Crippen LogP contribution in [0.2, 0.25) is 0 Å². The van der Waals surface area contributed by atoms with E-state index in [2.05, 4.69) is 11.4 Å². The number of nitrogens with zero attached hydrogens (tertiary/aromatic N) is 1. The van der Waals surface area contributed by atoms with E-state index < -0.39 is 0 Å². The Morgan fingerprint density at radius 1 is 1.19 bits per heavy atom. The summed E-state index contributed by atoms with van der Waals surface area (Å²) in [5.41, 5.74) is 3.50. The number of benzene rings is 2. The Morgan fingerprint density at radius 3 is 2.70 bits per heavy atom. The monoisotopic (exact) mass is 364 g/mol. The van der Waals surface area contributed by atoms with Gasteiger partial charge in [0.15, 0.2) is 0 Å². The van der Waals surface area contributed by atoms with E-state index in [0.717, 1.165) is 29.5 Å². The van der Waals surface area contributed by atoms with Crippen molar-refractivity contribution in [2.24, 2.45) is 5.92 Å². The van der Waals surface area contributed by atoms with Crippen molar-refractivity contribution in [2.45, 2.75) is 26.2 Å². The molecule has 0 spiro atoms. The van der Waals surface area contributed by atoms with Crippen molar-refractivity contribution in [2.75, 3.05) is 13.7 Å². The Morgan fingerprint density at radius 2 is 1.96 bits per heavy atom. The second kappa shape index (κ2) is 10.1. The van der Waals surface area contributed by atoms with Gasteiger partial charge in [-0.3, -0.25) is 4.79 Å². The molecule has 2 aromatic carbocycles. The molecule has 0 bridgehead atoms. The van der Waals surface area contributed by atoms with Gasteiger partial charge >= 0.3 is 5.97 Å². The van der Waals surface area contributed by atoms with E-state index >= 15 is 0 Å².